The molecular formula is C14H15F4N2O+. The highest BCUT2D eigenvalue weighted by Crippen LogP contribution is 2.18. The average molecular weight is 303 g/mol. The highest BCUT2D eigenvalue weighted by atomic mass is 19.4. The van der Waals surface area contributed by atoms with E-state index < -0.39 is 17.8 Å². The third-order valence-electron chi connectivity index (χ3n) is 2.30. The lowest BCUT2D eigenvalue weighted by Gasteiger charge is -2.09. The minimum atomic E-state index is -4.94. The van der Waals surface area contributed by atoms with Crippen molar-refractivity contribution >= 4 is 11.5 Å². The highest BCUT2D eigenvalue weighted by Gasteiger charge is 2.36. The molecule has 3 nitrogen and oxygen atoms in total. The molecule has 0 aromatic heterocycles. The third-order valence-corrected chi connectivity index (χ3v) is 2.30. The minimum Gasteiger partial charge on any atom is -0.355 e. The molecule has 114 valence electrons. The van der Waals surface area contributed by atoms with Gasteiger partial charge in [-0.25, -0.2) is 4.39 Å². The summed E-state index contributed by atoms with van der Waals surface area (Å²) < 4.78 is 49.7. The Morgan fingerprint density at radius 1 is 1.19 bits per heavy atom. The first-order valence-electron chi connectivity index (χ1n) is 6.02. The summed E-state index contributed by atoms with van der Waals surface area (Å²) in [4.78, 5) is 11.9. The van der Waals surface area contributed by atoms with Crippen molar-refractivity contribution in [3.63, 3.8) is 0 Å². The molecule has 1 aromatic carbocycles. The topological polar surface area (TPSA) is 33.5 Å². The number of anilines is 1. The van der Waals surface area contributed by atoms with Crippen LogP contribution in [0.5, 0.6) is 0 Å². The van der Waals surface area contributed by atoms with E-state index in [1.165, 1.54) is 18.2 Å². The van der Waals surface area contributed by atoms with Gasteiger partial charge in [-0.1, -0.05) is 0 Å². The van der Waals surface area contributed by atoms with E-state index in [4.69, 9.17) is 0 Å². The molecule has 0 bridgehead atoms. The van der Waals surface area contributed by atoms with Gasteiger partial charge in [0.15, 0.2) is 0 Å². The molecule has 0 aliphatic carbocycles. The molecule has 0 atom stereocenters. The van der Waals surface area contributed by atoms with Crippen LogP contribution in [-0.4, -0.2) is 26.1 Å². The summed E-state index contributed by atoms with van der Waals surface area (Å²) in [6, 6.07) is 5.04. The fourth-order valence-electron chi connectivity index (χ4n) is 1.31. The van der Waals surface area contributed by atoms with Crippen LogP contribution in [0.4, 0.5) is 23.2 Å². The molecule has 0 amide bonds. The Balaban J connectivity index is 3.00. The first-order valence-corrected chi connectivity index (χ1v) is 6.02. The number of alkyl halides is 3. The van der Waals surface area contributed by atoms with Crippen LogP contribution in [0.1, 0.15) is 0 Å². The molecule has 0 unspecified atom stereocenters. The van der Waals surface area contributed by atoms with Crippen LogP contribution in [0.15, 0.2) is 48.3 Å². The van der Waals surface area contributed by atoms with Gasteiger partial charge in [-0.05, 0) is 24.3 Å². The van der Waals surface area contributed by atoms with Crippen LogP contribution in [0, 0.1) is 5.82 Å². The molecule has 21 heavy (non-hydrogen) atoms. The van der Waals surface area contributed by atoms with Crippen molar-refractivity contribution in [3.05, 3.63) is 54.1 Å². The lowest BCUT2D eigenvalue weighted by molar-refractivity contribution is -0.801. The molecule has 0 saturated carbocycles. The van der Waals surface area contributed by atoms with Crippen molar-refractivity contribution in [1.82, 2.24) is 0 Å². The van der Waals surface area contributed by atoms with Crippen LogP contribution in [0.2, 0.25) is 0 Å². The van der Waals surface area contributed by atoms with Crippen molar-refractivity contribution in [2.45, 2.75) is 6.18 Å². The molecule has 0 saturated heterocycles. The Morgan fingerprint density at radius 3 is 2.24 bits per heavy atom. The number of halogens is 4. The highest BCUT2D eigenvalue weighted by molar-refractivity contribution is 5.95. The second kappa shape index (κ2) is 7.03. The monoisotopic (exact) mass is 303 g/mol. The number of carbonyl (C=O) groups is 1. The standard InChI is InChI=1S/C14H14F4N2O/c1-20(2)8-7-12(9-13(21)14(16,17)18)19-11-5-3-10(15)4-6-11/h3-9,19H,1-2H3/p+1/b8-7+,12-9?. The summed E-state index contributed by atoms with van der Waals surface area (Å²) in [5.74, 6) is -2.43. The first-order chi connectivity index (χ1) is 9.68. The van der Waals surface area contributed by atoms with E-state index in [-0.39, 0.29) is 5.70 Å². The van der Waals surface area contributed by atoms with Gasteiger partial charge in [-0.2, -0.15) is 13.2 Å². The van der Waals surface area contributed by atoms with Gasteiger partial charge in [0, 0.05) is 23.5 Å². The number of carbonyl (C=O) groups excluding carboxylic acids is 1. The maximum absolute atomic E-state index is 12.8. The molecule has 0 spiro atoms. The van der Waals surface area contributed by atoms with E-state index in [1.807, 2.05) is 0 Å². The molecule has 1 rings (SSSR count). The van der Waals surface area contributed by atoms with Gasteiger partial charge in [-0.15, -0.1) is 0 Å². The summed E-state index contributed by atoms with van der Waals surface area (Å²) in [6.45, 7) is 0. The quantitative estimate of drug-likeness (QED) is 0.495. The Morgan fingerprint density at radius 2 is 1.76 bits per heavy atom. The van der Waals surface area contributed by atoms with E-state index in [0.29, 0.717) is 11.8 Å². The normalized spacial score (nSPS) is 13.0. The summed E-state index contributed by atoms with van der Waals surface area (Å²) in [5, 5.41) is 2.64. The van der Waals surface area contributed by atoms with Gasteiger partial charge < -0.3 is 10.2 Å². The number of allylic oxidation sites excluding steroid dienone is 2. The Bertz CT molecular complexity index is 545. The van der Waals surface area contributed by atoms with E-state index >= 15 is 0 Å². The molecule has 0 aliphatic heterocycles. The molecular weight excluding hydrogens is 288 g/mol. The van der Waals surface area contributed by atoms with Gasteiger partial charge in [-0.3, -0.25) is 4.79 Å². The predicted octanol–water partition coefficient (Wildman–Crippen LogP) is 1.91. The van der Waals surface area contributed by atoms with Gasteiger partial charge >= 0.3 is 6.18 Å². The number of benzene rings is 1. The maximum atomic E-state index is 12.8. The molecule has 0 heterocycles. The summed E-state index contributed by atoms with van der Waals surface area (Å²) >= 11 is 0. The van der Waals surface area contributed by atoms with Gasteiger partial charge in [0.25, 0.3) is 5.78 Å². The zero-order chi connectivity index (χ0) is 16.0. The van der Waals surface area contributed by atoms with Crippen molar-refractivity contribution in [1.29, 1.82) is 0 Å². The molecule has 0 radical (unpaired) electrons. The van der Waals surface area contributed by atoms with Crippen LogP contribution in [-0.2, 0) is 4.79 Å². The number of nitrogens with one attached hydrogen (secondary N) is 2. The molecule has 0 fully saturated rings. The zero-order valence-corrected chi connectivity index (χ0v) is 11.5. The lowest BCUT2D eigenvalue weighted by Crippen LogP contribution is -3.00. The fraction of sp³-hybridized carbons (Fsp3) is 0.214. The second-order valence-corrected chi connectivity index (χ2v) is 4.50. The van der Waals surface area contributed by atoms with Crippen molar-refractivity contribution in [2.75, 3.05) is 19.4 Å². The second-order valence-electron chi connectivity index (χ2n) is 4.50. The maximum Gasteiger partial charge on any atom is 0.454 e. The molecule has 7 heteroatoms. The van der Waals surface area contributed by atoms with Crippen molar-refractivity contribution < 1.29 is 27.3 Å². The lowest BCUT2D eigenvalue weighted by atomic mass is 10.2. The van der Waals surface area contributed by atoms with E-state index in [0.717, 1.165) is 17.0 Å². The molecule has 1 aromatic rings. The van der Waals surface area contributed by atoms with Gasteiger partial charge in [0.05, 0.1) is 20.3 Å². The van der Waals surface area contributed by atoms with Crippen LogP contribution in [0.3, 0.4) is 0 Å². The smallest absolute Gasteiger partial charge is 0.355 e. The summed E-state index contributed by atoms with van der Waals surface area (Å²) in [7, 11) is 3.52. The number of quaternary nitrogens is 1. The Kier molecular flexibility index (Phi) is 5.66. The van der Waals surface area contributed by atoms with E-state index in [1.54, 1.807) is 20.3 Å². The fourth-order valence-corrected chi connectivity index (χ4v) is 1.31. The minimum absolute atomic E-state index is 0.0369. The van der Waals surface area contributed by atoms with E-state index in [9.17, 15) is 22.4 Å². The number of hydrogen-bond donors (Lipinski definition) is 2. The number of ketones is 1. The summed E-state index contributed by atoms with van der Waals surface area (Å²) in [6.07, 6.45) is -1.56. The third kappa shape index (κ3) is 6.22. The zero-order valence-electron chi connectivity index (χ0n) is 11.5. The Hall–Kier alpha value is -2.15. The van der Waals surface area contributed by atoms with Gasteiger partial charge in [0.2, 0.25) is 0 Å². The van der Waals surface area contributed by atoms with Crippen LogP contribution < -0.4 is 10.2 Å². The SMILES string of the molecule is C[NH+](C)/C=C/C(=CC(=O)C(F)(F)F)Nc1ccc(F)cc1. The summed E-state index contributed by atoms with van der Waals surface area (Å²) in [5.41, 5.74) is 0.334. The van der Waals surface area contributed by atoms with Crippen LogP contribution >= 0.6 is 0 Å². The number of rotatable bonds is 5. The molecule has 2 N–H and O–H groups in total. The van der Waals surface area contributed by atoms with Crippen molar-refractivity contribution in [3.8, 4) is 0 Å². The largest absolute Gasteiger partial charge is 0.454 e. The average Bonchev–Trinajstić information content (AvgIpc) is 2.37. The van der Waals surface area contributed by atoms with E-state index in [2.05, 4.69) is 5.32 Å². The van der Waals surface area contributed by atoms with Crippen molar-refractivity contribution in [2.24, 2.45) is 0 Å². The predicted molar refractivity (Wildman–Crippen MR) is 71.1 cm³/mol. The first kappa shape index (κ1) is 16.9. The van der Waals surface area contributed by atoms with Crippen LogP contribution in [0.25, 0.3) is 0 Å². The Labute approximate surface area is 119 Å². The molecule has 0 aliphatic rings. The van der Waals surface area contributed by atoms with Gasteiger partial charge in [0.1, 0.15) is 5.82 Å². The number of hydrogen-bond acceptors (Lipinski definition) is 2.